The molecule has 0 aliphatic carbocycles. The van der Waals surface area contributed by atoms with Gasteiger partial charge in [0.15, 0.2) is 0 Å². The number of para-hydroxylation sites is 1. The molecule has 0 amide bonds. The molecular formula is C14H16FN3O2S. The van der Waals surface area contributed by atoms with E-state index in [0.717, 1.165) is 18.7 Å². The monoisotopic (exact) mass is 309 g/mol. The Bertz CT molecular complexity index is 702. The normalized spacial score (nSPS) is 11.1. The molecule has 0 saturated carbocycles. The molecule has 7 heteroatoms. The molecule has 2 N–H and O–H groups in total. The van der Waals surface area contributed by atoms with Gasteiger partial charge in [-0.3, -0.25) is 4.72 Å². The van der Waals surface area contributed by atoms with Gasteiger partial charge in [0, 0.05) is 6.54 Å². The van der Waals surface area contributed by atoms with Crippen LogP contribution in [0.25, 0.3) is 0 Å². The highest BCUT2D eigenvalue weighted by atomic mass is 32.2. The van der Waals surface area contributed by atoms with Crippen LogP contribution >= 0.6 is 0 Å². The van der Waals surface area contributed by atoms with Gasteiger partial charge in [-0.25, -0.2) is 17.8 Å². The van der Waals surface area contributed by atoms with E-state index in [4.69, 9.17) is 0 Å². The molecule has 0 unspecified atom stereocenters. The van der Waals surface area contributed by atoms with Crippen molar-refractivity contribution in [2.75, 3.05) is 16.6 Å². The number of pyridine rings is 1. The molecule has 0 spiro atoms. The van der Waals surface area contributed by atoms with Gasteiger partial charge in [0.1, 0.15) is 16.5 Å². The molecule has 1 aromatic carbocycles. The maximum absolute atomic E-state index is 12.8. The second kappa shape index (κ2) is 6.53. The number of benzene rings is 1. The third-order valence-electron chi connectivity index (χ3n) is 2.71. The Morgan fingerprint density at radius 1 is 1.19 bits per heavy atom. The van der Waals surface area contributed by atoms with Crippen molar-refractivity contribution < 1.29 is 12.8 Å². The fourth-order valence-electron chi connectivity index (χ4n) is 1.74. The van der Waals surface area contributed by atoms with Gasteiger partial charge in [-0.2, -0.15) is 0 Å². The lowest BCUT2D eigenvalue weighted by Gasteiger charge is -2.13. The third-order valence-corrected chi connectivity index (χ3v) is 4.12. The van der Waals surface area contributed by atoms with Crippen molar-refractivity contribution in [3.05, 3.63) is 48.4 Å². The molecule has 21 heavy (non-hydrogen) atoms. The van der Waals surface area contributed by atoms with Crippen molar-refractivity contribution in [1.29, 1.82) is 0 Å². The predicted molar refractivity (Wildman–Crippen MR) is 80.2 cm³/mol. The van der Waals surface area contributed by atoms with Crippen LogP contribution in [0.3, 0.4) is 0 Å². The van der Waals surface area contributed by atoms with E-state index in [-0.39, 0.29) is 10.7 Å². The molecular weight excluding hydrogens is 293 g/mol. The lowest BCUT2D eigenvalue weighted by molar-refractivity contribution is 0.600. The molecule has 5 nitrogen and oxygen atoms in total. The first-order valence-corrected chi connectivity index (χ1v) is 7.98. The highest BCUT2D eigenvalue weighted by Gasteiger charge is 2.18. The van der Waals surface area contributed by atoms with Crippen molar-refractivity contribution in [3.8, 4) is 0 Å². The molecule has 0 radical (unpaired) electrons. The molecule has 1 aromatic heterocycles. The maximum Gasteiger partial charge on any atom is 0.265 e. The van der Waals surface area contributed by atoms with E-state index in [2.05, 4.69) is 15.0 Å². The molecule has 0 atom stereocenters. The number of anilines is 2. The number of aromatic nitrogens is 1. The van der Waals surface area contributed by atoms with E-state index in [0.29, 0.717) is 12.2 Å². The number of hydrogen-bond donors (Lipinski definition) is 2. The first-order chi connectivity index (χ1) is 10.0. The summed E-state index contributed by atoms with van der Waals surface area (Å²) in [5, 5.41) is 3.06. The summed E-state index contributed by atoms with van der Waals surface area (Å²) in [6, 6.07) is 9.02. The zero-order valence-corrected chi connectivity index (χ0v) is 12.3. The van der Waals surface area contributed by atoms with Crippen LogP contribution in [0, 0.1) is 5.82 Å². The number of hydrogen-bond acceptors (Lipinski definition) is 4. The maximum atomic E-state index is 12.8. The van der Waals surface area contributed by atoms with Crippen LogP contribution in [-0.4, -0.2) is 19.9 Å². The summed E-state index contributed by atoms with van der Waals surface area (Å²) in [6.45, 7) is 2.66. The predicted octanol–water partition coefficient (Wildman–Crippen LogP) is 2.84. The zero-order valence-electron chi connectivity index (χ0n) is 11.5. The minimum absolute atomic E-state index is 0.0710. The van der Waals surface area contributed by atoms with Crippen LogP contribution in [-0.2, 0) is 10.0 Å². The first kappa shape index (κ1) is 15.2. The minimum atomic E-state index is -3.78. The number of nitrogens with zero attached hydrogens (tertiary/aromatic N) is 1. The summed E-state index contributed by atoms with van der Waals surface area (Å²) in [5.41, 5.74) is 0.522. The molecule has 0 saturated heterocycles. The van der Waals surface area contributed by atoms with Crippen LogP contribution in [0.2, 0.25) is 0 Å². The number of halogens is 1. The van der Waals surface area contributed by atoms with E-state index in [1.54, 1.807) is 18.2 Å². The fraction of sp³-hybridized carbons (Fsp3) is 0.214. The number of rotatable bonds is 6. The quantitative estimate of drug-likeness (QED) is 0.861. The molecule has 0 aliphatic heterocycles. The largest absolute Gasteiger partial charge is 0.384 e. The van der Waals surface area contributed by atoms with Gasteiger partial charge in [-0.05, 0) is 30.7 Å². The number of sulfonamides is 1. The molecule has 0 fully saturated rings. The van der Waals surface area contributed by atoms with Gasteiger partial charge >= 0.3 is 0 Å². The number of nitrogens with one attached hydrogen (secondary N) is 2. The Balaban J connectivity index is 2.29. The lowest BCUT2D eigenvalue weighted by Crippen LogP contribution is -2.16. The van der Waals surface area contributed by atoms with E-state index in [1.165, 1.54) is 12.1 Å². The molecule has 2 aromatic rings. The van der Waals surface area contributed by atoms with Crippen molar-refractivity contribution in [2.24, 2.45) is 0 Å². The SMILES string of the molecule is CCCNc1ccccc1S(=O)(=O)Nc1ccc(F)cn1. The van der Waals surface area contributed by atoms with Crippen molar-refractivity contribution in [1.82, 2.24) is 4.98 Å². The Hall–Kier alpha value is -2.15. The fourth-order valence-corrected chi connectivity index (χ4v) is 2.93. The standard InChI is InChI=1S/C14H16FN3O2S/c1-2-9-16-12-5-3-4-6-13(12)21(19,20)18-14-8-7-11(15)10-17-14/h3-8,10,16H,2,9H2,1H3,(H,17,18). The molecule has 112 valence electrons. The summed E-state index contributed by atoms with van der Waals surface area (Å²) < 4.78 is 39.9. The van der Waals surface area contributed by atoms with Gasteiger partial charge in [-0.15, -0.1) is 0 Å². The summed E-state index contributed by atoms with van der Waals surface area (Å²) in [6.07, 6.45) is 1.83. The van der Waals surface area contributed by atoms with Gasteiger partial charge in [0.2, 0.25) is 0 Å². The zero-order chi connectivity index (χ0) is 15.3. The highest BCUT2D eigenvalue weighted by molar-refractivity contribution is 7.92. The van der Waals surface area contributed by atoms with Gasteiger partial charge < -0.3 is 5.32 Å². The van der Waals surface area contributed by atoms with Crippen LogP contribution in [0.15, 0.2) is 47.5 Å². The van der Waals surface area contributed by atoms with Crippen molar-refractivity contribution >= 4 is 21.5 Å². The Morgan fingerprint density at radius 3 is 2.62 bits per heavy atom. The third kappa shape index (κ3) is 3.91. The van der Waals surface area contributed by atoms with Crippen molar-refractivity contribution in [3.63, 3.8) is 0 Å². The van der Waals surface area contributed by atoms with Crippen molar-refractivity contribution in [2.45, 2.75) is 18.2 Å². The van der Waals surface area contributed by atoms with E-state index < -0.39 is 15.8 Å². The van der Waals surface area contributed by atoms with E-state index in [1.807, 2.05) is 6.92 Å². The second-order valence-electron chi connectivity index (χ2n) is 4.39. The second-order valence-corrected chi connectivity index (χ2v) is 6.04. The Kier molecular flexibility index (Phi) is 4.74. The Morgan fingerprint density at radius 2 is 1.95 bits per heavy atom. The van der Waals surface area contributed by atoms with E-state index in [9.17, 15) is 12.8 Å². The van der Waals surface area contributed by atoms with Gasteiger partial charge in [-0.1, -0.05) is 19.1 Å². The Labute approximate surface area is 123 Å². The summed E-state index contributed by atoms with van der Waals surface area (Å²) in [7, 11) is -3.78. The van der Waals surface area contributed by atoms with Crippen LogP contribution < -0.4 is 10.0 Å². The van der Waals surface area contributed by atoms with Gasteiger partial charge in [0.05, 0.1) is 11.9 Å². The summed E-state index contributed by atoms with van der Waals surface area (Å²) in [4.78, 5) is 3.82. The average molecular weight is 309 g/mol. The molecule has 0 bridgehead atoms. The van der Waals surface area contributed by atoms with E-state index >= 15 is 0 Å². The average Bonchev–Trinajstić information content (AvgIpc) is 2.47. The molecule has 2 rings (SSSR count). The first-order valence-electron chi connectivity index (χ1n) is 6.50. The van der Waals surface area contributed by atoms with Crippen LogP contribution in [0.1, 0.15) is 13.3 Å². The topological polar surface area (TPSA) is 71.1 Å². The molecule has 1 heterocycles. The van der Waals surface area contributed by atoms with Crippen LogP contribution in [0.4, 0.5) is 15.9 Å². The summed E-state index contributed by atoms with van der Waals surface area (Å²) >= 11 is 0. The van der Waals surface area contributed by atoms with Gasteiger partial charge in [0.25, 0.3) is 10.0 Å². The smallest absolute Gasteiger partial charge is 0.265 e. The summed E-state index contributed by atoms with van der Waals surface area (Å²) in [5.74, 6) is -0.454. The highest BCUT2D eigenvalue weighted by Crippen LogP contribution is 2.23. The minimum Gasteiger partial charge on any atom is -0.384 e. The molecule has 0 aliphatic rings. The lowest BCUT2D eigenvalue weighted by atomic mass is 10.3. The van der Waals surface area contributed by atoms with Crippen LogP contribution in [0.5, 0.6) is 0 Å².